The van der Waals surface area contributed by atoms with Crippen LogP contribution in [0.1, 0.15) is 11.1 Å². The third kappa shape index (κ3) is 7.17. The third-order valence-corrected chi connectivity index (χ3v) is 5.24. The lowest BCUT2D eigenvalue weighted by Gasteiger charge is -2.35. The number of benzene rings is 2. The molecule has 1 aliphatic rings. The van der Waals surface area contributed by atoms with E-state index in [4.69, 9.17) is 14.2 Å². The Balaban J connectivity index is 0.00000256. The van der Waals surface area contributed by atoms with Gasteiger partial charge in [0.15, 0.2) is 11.5 Å². The van der Waals surface area contributed by atoms with Gasteiger partial charge < -0.3 is 19.1 Å². The van der Waals surface area contributed by atoms with Crippen molar-refractivity contribution in [2.75, 3.05) is 54.5 Å². The van der Waals surface area contributed by atoms with Gasteiger partial charge in [0.2, 0.25) is 5.75 Å². The molecule has 0 saturated carbocycles. The van der Waals surface area contributed by atoms with Crippen LogP contribution in [0.15, 0.2) is 42.5 Å². The second-order valence-corrected chi connectivity index (χ2v) is 7.59. The molecule has 0 atom stereocenters. The zero-order valence-corrected chi connectivity index (χ0v) is 20.7. The summed E-state index contributed by atoms with van der Waals surface area (Å²) in [7, 11) is 6.43. The summed E-state index contributed by atoms with van der Waals surface area (Å²) in [4.78, 5) is 18.5. The average molecular weight is 486 g/mol. The number of carbonyl (C=O) groups is 1. The molecule has 1 fully saturated rings. The molecule has 1 aliphatic heterocycles. The Hall–Kier alpha value is -2.19. The smallest absolute Gasteiger partial charge is 0.414 e. The van der Waals surface area contributed by atoms with Crippen LogP contribution in [0.3, 0.4) is 0 Å². The Morgan fingerprint density at radius 3 is 1.97 bits per heavy atom. The fourth-order valence-electron chi connectivity index (χ4n) is 3.54. The van der Waals surface area contributed by atoms with Crippen molar-refractivity contribution in [1.29, 1.82) is 0 Å². The van der Waals surface area contributed by atoms with Gasteiger partial charge >= 0.3 is 6.09 Å². The van der Waals surface area contributed by atoms with Crippen LogP contribution in [0.4, 0.5) is 4.79 Å². The molecule has 1 amide bonds. The summed E-state index contributed by atoms with van der Waals surface area (Å²) < 4.78 is 16.6. The predicted octanol–water partition coefficient (Wildman–Crippen LogP) is 3.93. The Morgan fingerprint density at radius 2 is 1.44 bits per heavy atom. The first-order valence-corrected chi connectivity index (χ1v) is 10.1. The van der Waals surface area contributed by atoms with Crippen molar-refractivity contribution in [3.63, 3.8) is 0 Å². The zero-order valence-electron chi connectivity index (χ0n) is 19.1. The highest BCUT2D eigenvalue weighted by molar-refractivity contribution is 5.85. The highest BCUT2D eigenvalue weighted by atomic mass is 35.5. The molecule has 0 aliphatic carbocycles. The van der Waals surface area contributed by atoms with Crippen molar-refractivity contribution in [2.45, 2.75) is 13.1 Å². The number of halogens is 2. The minimum atomic E-state index is -0.449. The monoisotopic (exact) mass is 485 g/mol. The van der Waals surface area contributed by atoms with Gasteiger partial charge in [0.25, 0.3) is 0 Å². The van der Waals surface area contributed by atoms with E-state index in [-0.39, 0.29) is 24.8 Å². The number of rotatable bonds is 7. The number of amides is 1. The summed E-state index contributed by atoms with van der Waals surface area (Å²) in [6.07, 6.45) is -0.449. The van der Waals surface area contributed by atoms with E-state index in [2.05, 4.69) is 34.1 Å². The van der Waals surface area contributed by atoms with Crippen LogP contribution in [-0.2, 0) is 13.1 Å². The standard InChI is InChI=1S/C23H31N3O4.2ClH/c1-24(2)23(27)30-21-19(10-11-20(28-3)22(21)29-4)17-26-14-12-25(13-15-26)16-18-8-6-5-7-9-18;;/h5-11H,12-17H2,1-4H3;2*1H. The van der Waals surface area contributed by atoms with Crippen molar-refractivity contribution in [3.05, 3.63) is 53.6 Å². The molecular formula is C23H33Cl2N3O4. The van der Waals surface area contributed by atoms with E-state index in [1.165, 1.54) is 10.5 Å². The Bertz CT molecular complexity index is 845. The van der Waals surface area contributed by atoms with Crippen LogP contribution in [0.25, 0.3) is 0 Å². The van der Waals surface area contributed by atoms with Gasteiger partial charge in [-0.2, -0.15) is 0 Å². The molecule has 2 aromatic carbocycles. The minimum absolute atomic E-state index is 0. The van der Waals surface area contributed by atoms with E-state index in [9.17, 15) is 4.79 Å². The van der Waals surface area contributed by atoms with Crippen molar-refractivity contribution in [3.8, 4) is 17.2 Å². The Labute approximate surface area is 203 Å². The maximum Gasteiger partial charge on any atom is 0.414 e. The molecule has 3 rings (SSSR count). The number of methoxy groups -OCH3 is 2. The number of ether oxygens (including phenoxy) is 3. The highest BCUT2D eigenvalue weighted by Gasteiger charge is 2.23. The molecule has 9 heteroatoms. The second kappa shape index (κ2) is 13.4. The van der Waals surface area contributed by atoms with E-state index in [1.54, 1.807) is 28.3 Å². The maximum atomic E-state index is 12.2. The first-order valence-electron chi connectivity index (χ1n) is 10.1. The highest BCUT2D eigenvalue weighted by Crippen LogP contribution is 2.40. The number of piperazine rings is 1. The minimum Gasteiger partial charge on any atom is -0.493 e. The van der Waals surface area contributed by atoms with Gasteiger partial charge in [0, 0.05) is 58.9 Å². The third-order valence-electron chi connectivity index (χ3n) is 5.24. The van der Waals surface area contributed by atoms with E-state index in [0.717, 1.165) is 38.3 Å². The second-order valence-electron chi connectivity index (χ2n) is 7.59. The SMILES string of the molecule is COc1ccc(CN2CCN(Cc3ccccc3)CC2)c(OC(=O)N(C)C)c1OC.Cl.Cl. The summed E-state index contributed by atoms with van der Waals surface area (Å²) >= 11 is 0. The molecule has 0 bridgehead atoms. The summed E-state index contributed by atoms with van der Waals surface area (Å²) in [5.74, 6) is 1.39. The van der Waals surface area contributed by atoms with Crippen molar-refractivity contribution in [2.24, 2.45) is 0 Å². The summed E-state index contributed by atoms with van der Waals surface area (Å²) in [6.45, 7) is 5.53. The maximum absolute atomic E-state index is 12.2. The first kappa shape index (κ1) is 27.8. The van der Waals surface area contributed by atoms with E-state index in [0.29, 0.717) is 23.8 Å². The molecule has 0 unspecified atom stereocenters. The summed E-state index contributed by atoms with van der Waals surface area (Å²) in [5, 5.41) is 0. The predicted molar refractivity (Wildman–Crippen MR) is 131 cm³/mol. The summed E-state index contributed by atoms with van der Waals surface area (Å²) in [6, 6.07) is 14.3. The molecule has 0 spiro atoms. The van der Waals surface area contributed by atoms with Crippen LogP contribution in [-0.4, -0.2) is 75.3 Å². The number of carbonyl (C=O) groups excluding carboxylic acids is 1. The first-order chi connectivity index (χ1) is 14.5. The van der Waals surface area contributed by atoms with Crippen LogP contribution >= 0.6 is 24.8 Å². The van der Waals surface area contributed by atoms with Gasteiger partial charge in [-0.3, -0.25) is 9.80 Å². The largest absolute Gasteiger partial charge is 0.493 e. The van der Waals surface area contributed by atoms with Crippen molar-refractivity contribution in [1.82, 2.24) is 14.7 Å². The molecule has 7 nitrogen and oxygen atoms in total. The number of hydrogen-bond acceptors (Lipinski definition) is 6. The van der Waals surface area contributed by atoms with Crippen molar-refractivity contribution < 1.29 is 19.0 Å². The lowest BCUT2D eigenvalue weighted by Crippen LogP contribution is -2.45. The fraction of sp³-hybridized carbons (Fsp3) is 0.435. The van der Waals surface area contributed by atoms with Crippen molar-refractivity contribution >= 4 is 30.9 Å². The molecule has 0 radical (unpaired) electrons. The molecule has 1 heterocycles. The molecular weight excluding hydrogens is 453 g/mol. The van der Waals surface area contributed by atoms with Gasteiger partial charge in [0.05, 0.1) is 14.2 Å². The topological polar surface area (TPSA) is 54.5 Å². The average Bonchev–Trinajstić information content (AvgIpc) is 2.76. The van der Waals surface area contributed by atoms with Gasteiger partial charge in [-0.05, 0) is 11.6 Å². The summed E-state index contributed by atoms with van der Waals surface area (Å²) in [5.41, 5.74) is 2.24. The Morgan fingerprint density at radius 1 is 0.844 bits per heavy atom. The lowest BCUT2D eigenvalue weighted by atomic mass is 10.1. The van der Waals surface area contributed by atoms with Crippen LogP contribution in [0.5, 0.6) is 17.2 Å². The molecule has 0 N–H and O–H groups in total. The quantitative estimate of drug-likeness (QED) is 0.592. The molecule has 32 heavy (non-hydrogen) atoms. The zero-order chi connectivity index (χ0) is 21.5. The van der Waals surface area contributed by atoms with Crippen LogP contribution in [0, 0.1) is 0 Å². The number of hydrogen-bond donors (Lipinski definition) is 0. The van der Waals surface area contributed by atoms with E-state index in [1.807, 2.05) is 18.2 Å². The molecule has 0 aromatic heterocycles. The van der Waals surface area contributed by atoms with E-state index < -0.39 is 6.09 Å². The fourth-order valence-corrected chi connectivity index (χ4v) is 3.54. The van der Waals surface area contributed by atoms with Gasteiger partial charge in [-0.15, -0.1) is 24.8 Å². The molecule has 1 saturated heterocycles. The Kier molecular flexibility index (Phi) is 11.6. The van der Waals surface area contributed by atoms with E-state index >= 15 is 0 Å². The van der Waals surface area contributed by atoms with Crippen LogP contribution < -0.4 is 14.2 Å². The normalized spacial score (nSPS) is 14.0. The molecule has 178 valence electrons. The number of nitrogens with zero attached hydrogens (tertiary/aromatic N) is 3. The molecule has 2 aromatic rings. The van der Waals surface area contributed by atoms with Gasteiger partial charge in [0.1, 0.15) is 0 Å². The van der Waals surface area contributed by atoms with Gasteiger partial charge in [-0.25, -0.2) is 4.79 Å². The van der Waals surface area contributed by atoms with Gasteiger partial charge in [-0.1, -0.05) is 36.4 Å². The lowest BCUT2D eigenvalue weighted by molar-refractivity contribution is 0.120. The van der Waals surface area contributed by atoms with Crippen LogP contribution in [0.2, 0.25) is 0 Å².